The first-order valence-electron chi connectivity index (χ1n) is 6.59. The first-order chi connectivity index (χ1) is 9.93. The molecule has 1 N–H and O–H groups in total. The van der Waals surface area contributed by atoms with Crippen molar-refractivity contribution >= 4 is 23.7 Å². The summed E-state index contributed by atoms with van der Waals surface area (Å²) in [6.45, 7) is 2.94. The number of ketones is 1. The van der Waals surface area contributed by atoms with Crippen LogP contribution in [-0.2, 0) is 19.1 Å². The van der Waals surface area contributed by atoms with Crippen molar-refractivity contribution in [2.75, 3.05) is 7.11 Å². The minimum atomic E-state index is -0.560. The zero-order valence-electron chi connectivity index (χ0n) is 12.4. The largest absolute Gasteiger partial charge is 0.469 e. The van der Waals surface area contributed by atoms with Gasteiger partial charge in [0.1, 0.15) is 0 Å². The van der Waals surface area contributed by atoms with Crippen LogP contribution in [-0.4, -0.2) is 24.8 Å². The summed E-state index contributed by atoms with van der Waals surface area (Å²) in [6, 6.07) is 9.16. The van der Waals surface area contributed by atoms with E-state index in [4.69, 9.17) is 0 Å². The molecule has 0 fully saturated rings. The maximum atomic E-state index is 12.2. The highest BCUT2D eigenvalue weighted by Gasteiger charge is 2.20. The third-order valence-electron chi connectivity index (χ3n) is 2.82. The Morgan fingerprint density at radius 2 is 1.86 bits per heavy atom. The van der Waals surface area contributed by atoms with Gasteiger partial charge in [0.05, 0.1) is 18.7 Å². The summed E-state index contributed by atoms with van der Waals surface area (Å²) in [7, 11) is 1.28. The number of rotatable bonds is 6. The fourth-order valence-electron chi connectivity index (χ4n) is 1.76. The summed E-state index contributed by atoms with van der Waals surface area (Å²) >= 11 is 0. The quantitative estimate of drug-likeness (QED) is 0.641. The normalized spacial score (nSPS) is 12.4. The van der Waals surface area contributed by atoms with E-state index in [2.05, 4.69) is 10.1 Å². The number of hydrogen-bond acceptors (Lipinski definition) is 4. The van der Waals surface area contributed by atoms with Crippen molar-refractivity contribution in [1.29, 1.82) is 0 Å². The SMILES string of the molecule is COC(=O)[C@H](C)CC(=O)/C(=C/c1ccccc1)NC(C)=O. The Hall–Kier alpha value is -2.43. The monoisotopic (exact) mass is 289 g/mol. The molecule has 0 heterocycles. The predicted molar refractivity (Wildman–Crippen MR) is 79.0 cm³/mol. The average molecular weight is 289 g/mol. The van der Waals surface area contributed by atoms with Crippen molar-refractivity contribution in [3.8, 4) is 0 Å². The molecule has 0 unspecified atom stereocenters. The number of esters is 1. The highest BCUT2D eigenvalue weighted by Crippen LogP contribution is 2.12. The zero-order chi connectivity index (χ0) is 15.8. The number of amides is 1. The molecule has 21 heavy (non-hydrogen) atoms. The molecular weight excluding hydrogens is 270 g/mol. The highest BCUT2D eigenvalue weighted by molar-refractivity contribution is 6.03. The molecule has 0 aliphatic carbocycles. The van der Waals surface area contributed by atoms with E-state index >= 15 is 0 Å². The second-order valence-corrected chi connectivity index (χ2v) is 4.70. The van der Waals surface area contributed by atoms with Gasteiger partial charge in [-0.15, -0.1) is 0 Å². The smallest absolute Gasteiger partial charge is 0.308 e. The Kier molecular flexibility index (Phi) is 6.33. The van der Waals surface area contributed by atoms with Gasteiger partial charge in [0.2, 0.25) is 5.91 Å². The molecule has 5 nitrogen and oxygen atoms in total. The maximum absolute atomic E-state index is 12.2. The van der Waals surface area contributed by atoms with Gasteiger partial charge in [0.15, 0.2) is 5.78 Å². The van der Waals surface area contributed by atoms with Crippen LogP contribution >= 0.6 is 0 Å². The first-order valence-corrected chi connectivity index (χ1v) is 6.59. The molecule has 1 atom stereocenters. The van der Waals surface area contributed by atoms with E-state index in [9.17, 15) is 14.4 Å². The second-order valence-electron chi connectivity index (χ2n) is 4.70. The lowest BCUT2D eigenvalue weighted by atomic mass is 10.0. The van der Waals surface area contributed by atoms with E-state index < -0.39 is 11.9 Å². The third kappa shape index (κ3) is 5.60. The van der Waals surface area contributed by atoms with E-state index in [1.165, 1.54) is 14.0 Å². The Bertz CT molecular complexity index is 549. The summed E-state index contributed by atoms with van der Waals surface area (Å²) in [5.74, 6) is -1.66. The van der Waals surface area contributed by atoms with Crippen molar-refractivity contribution < 1.29 is 19.1 Å². The van der Waals surface area contributed by atoms with Gasteiger partial charge in [-0.2, -0.15) is 0 Å². The van der Waals surface area contributed by atoms with E-state index in [1.54, 1.807) is 13.0 Å². The van der Waals surface area contributed by atoms with Crippen LogP contribution in [0.15, 0.2) is 36.0 Å². The molecule has 1 rings (SSSR count). The number of benzene rings is 1. The van der Waals surface area contributed by atoms with Gasteiger partial charge in [-0.1, -0.05) is 37.3 Å². The minimum Gasteiger partial charge on any atom is -0.469 e. The first kappa shape index (κ1) is 16.6. The van der Waals surface area contributed by atoms with Crippen LogP contribution in [0.1, 0.15) is 25.8 Å². The van der Waals surface area contributed by atoms with E-state index in [0.717, 1.165) is 5.56 Å². The number of allylic oxidation sites excluding steroid dienone is 1. The average Bonchev–Trinajstić information content (AvgIpc) is 2.46. The van der Waals surface area contributed by atoms with Gasteiger partial charge in [-0.3, -0.25) is 14.4 Å². The summed E-state index contributed by atoms with van der Waals surface area (Å²) in [4.78, 5) is 34.8. The lowest BCUT2D eigenvalue weighted by molar-refractivity contribution is -0.146. The van der Waals surface area contributed by atoms with Crippen molar-refractivity contribution in [3.63, 3.8) is 0 Å². The third-order valence-corrected chi connectivity index (χ3v) is 2.82. The van der Waals surface area contributed by atoms with Crippen molar-refractivity contribution in [2.45, 2.75) is 20.3 Å². The molecule has 0 bridgehead atoms. The standard InChI is InChI=1S/C16H19NO4/c1-11(16(20)21-3)9-15(19)14(17-12(2)18)10-13-7-5-4-6-8-13/h4-8,10-11H,9H2,1-3H3,(H,17,18)/b14-10-/t11-/m1/s1. The molecular formula is C16H19NO4. The van der Waals surface area contributed by atoms with E-state index in [0.29, 0.717) is 0 Å². The minimum absolute atomic E-state index is 0.0222. The Morgan fingerprint density at radius 3 is 2.38 bits per heavy atom. The van der Waals surface area contributed by atoms with Gasteiger partial charge in [0, 0.05) is 13.3 Å². The Labute approximate surface area is 124 Å². The predicted octanol–water partition coefficient (Wildman–Crippen LogP) is 1.93. The number of carbonyl (C=O) groups is 3. The number of methoxy groups -OCH3 is 1. The zero-order valence-corrected chi connectivity index (χ0v) is 12.4. The summed E-state index contributed by atoms with van der Waals surface area (Å²) in [5, 5.41) is 2.51. The molecule has 0 saturated heterocycles. The molecule has 0 aliphatic heterocycles. The highest BCUT2D eigenvalue weighted by atomic mass is 16.5. The number of nitrogens with one attached hydrogen (secondary N) is 1. The summed E-state index contributed by atoms with van der Waals surface area (Å²) in [5.41, 5.74) is 0.963. The van der Waals surface area contributed by atoms with Crippen LogP contribution in [0.25, 0.3) is 6.08 Å². The van der Waals surface area contributed by atoms with Gasteiger partial charge in [0.25, 0.3) is 0 Å². The molecule has 0 spiro atoms. The fourth-order valence-corrected chi connectivity index (χ4v) is 1.76. The van der Waals surface area contributed by atoms with E-state index in [1.807, 2.05) is 30.3 Å². The molecule has 0 saturated carbocycles. The van der Waals surface area contributed by atoms with Crippen LogP contribution in [0, 0.1) is 5.92 Å². The lowest BCUT2D eigenvalue weighted by Gasteiger charge is -2.11. The van der Waals surface area contributed by atoms with Crippen molar-refractivity contribution in [2.24, 2.45) is 5.92 Å². The maximum Gasteiger partial charge on any atom is 0.308 e. The molecule has 0 aromatic heterocycles. The van der Waals surface area contributed by atoms with Gasteiger partial charge in [-0.05, 0) is 11.6 Å². The molecule has 112 valence electrons. The van der Waals surface area contributed by atoms with Gasteiger partial charge >= 0.3 is 5.97 Å². The number of carbonyl (C=O) groups excluding carboxylic acids is 3. The van der Waals surface area contributed by atoms with Gasteiger partial charge in [-0.25, -0.2) is 0 Å². The van der Waals surface area contributed by atoms with Gasteiger partial charge < -0.3 is 10.1 Å². The van der Waals surface area contributed by atoms with Crippen LogP contribution in [0.4, 0.5) is 0 Å². The summed E-state index contributed by atoms with van der Waals surface area (Å²) < 4.78 is 4.59. The second kappa shape index (κ2) is 7.99. The lowest BCUT2D eigenvalue weighted by Crippen LogP contribution is -2.27. The topological polar surface area (TPSA) is 72.5 Å². The molecule has 5 heteroatoms. The number of ether oxygens (including phenoxy) is 1. The van der Waals surface area contributed by atoms with Crippen LogP contribution in [0.3, 0.4) is 0 Å². The Balaban J connectivity index is 2.92. The van der Waals surface area contributed by atoms with Crippen LogP contribution in [0.5, 0.6) is 0 Å². The van der Waals surface area contributed by atoms with Crippen molar-refractivity contribution in [3.05, 3.63) is 41.6 Å². The number of Topliss-reactive ketones (excluding diaryl/α,β-unsaturated/α-hetero) is 1. The Morgan fingerprint density at radius 1 is 1.24 bits per heavy atom. The number of hydrogen-bond donors (Lipinski definition) is 1. The molecule has 1 aromatic rings. The summed E-state index contributed by atoms with van der Waals surface area (Å²) in [6.07, 6.45) is 1.57. The fraction of sp³-hybridized carbons (Fsp3) is 0.312. The van der Waals surface area contributed by atoms with Crippen LogP contribution in [0.2, 0.25) is 0 Å². The molecule has 1 aromatic carbocycles. The van der Waals surface area contributed by atoms with Crippen molar-refractivity contribution in [1.82, 2.24) is 5.32 Å². The molecule has 1 amide bonds. The molecule has 0 aliphatic rings. The van der Waals surface area contributed by atoms with E-state index in [-0.39, 0.29) is 23.8 Å². The van der Waals surface area contributed by atoms with Crippen LogP contribution < -0.4 is 5.32 Å². The molecule has 0 radical (unpaired) electrons.